The normalized spacial score (nSPS) is 12.4. The number of halogens is 3. The Kier molecular flexibility index (Phi) is 4.97. The van der Waals surface area contributed by atoms with Gasteiger partial charge in [0.2, 0.25) is 0 Å². The average molecular weight is 344 g/mol. The molecule has 0 saturated heterocycles. The largest absolute Gasteiger partial charge is 0.392 e. The van der Waals surface area contributed by atoms with Gasteiger partial charge in [0.15, 0.2) is 0 Å². The first kappa shape index (κ1) is 14.5. The molecule has 0 saturated carbocycles. The Morgan fingerprint density at radius 1 is 1.11 bits per heavy atom. The zero-order chi connectivity index (χ0) is 13.8. The van der Waals surface area contributed by atoms with Crippen LogP contribution in [0.25, 0.3) is 0 Å². The van der Waals surface area contributed by atoms with Gasteiger partial charge < -0.3 is 5.11 Å². The lowest BCUT2D eigenvalue weighted by Gasteiger charge is -2.12. The number of hydrogen-bond acceptors (Lipinski definition) is 1. The summed E-state index contributed by atoms with van der Waals surface area (Å²) in [5.41, 5.74) is 1.66. The van der Waals surface area contributed by atoms with Gasteiger partial charge in [-0.3, -0.25) is 0 Å². The summed E-state index contributed by atoms with van der Waals surface area (Å²) in [5, 5.41) is 10.5. The number of rotatable bonds is 4. The highest BCUT2D eigenvalue weighted by Crippen LogP contribution is 2.20. The monoisotopic (exact) mass is 342 g/mol. The van der Waals surface area contributed by atoms with Crippen molar-refractivity contribution >= 4 is 27.5 Å². The standard InChI is InChI=1S/C15H13BrClFO/c16-12-3-1-10(2-4-12)7-14(19)9-11-8-13(18)5-6-15(11)17/h1-6,8,14,19H,7,9H2. The molecule has 1 nitrogen and oxygen atoms in total. The summed E-state index contributed by atoms with van der Waals surface area (Å²) in [6.07, 6.45) is 0.271. The van der Waals surface area contributed by atoms with Gasteiger partial charge in [-0.1, -0.05) is 39.7 Å². The van der Waals surface area contributed by atoms with Crippen LogP contribution in [0.15, 0.2) is 46.9 Å². The molecule has 2 aromatic carbocycles. The maximum absolute atomic E-state index is 13.1. The van der Waals surface area contributed by atoms with E-state index in [4.69, 9.17) is 11.6 Å². The average Bonchev–Trinajstić information content (AvgIpc) is 2.37. The van der Waals surface area contributed by atoms with Crippen molar-refractivity contribution in [2.45, 2.75) is 18.9 Å². The van der Waals surface area contributed by atoms with Crippen LogP contribution in [0.1, 0.15) is 11.1 Å². The van der Waals surface area contributed by atoms with Gasteiger partial charge >= 0.3 is 0 Å². The molecule has 1 atom stereocenters. The molecule has 0 aromatic heterocycles. The second-order valence-corrected chi connectivity index (χ2v) is 5.75. The van der Waals surface area contributed by atoms with Crippen molar-refractivity contribution in [2.24, 2.45) is 0 Å². The van der Waals surface area contributed by atoms with Gasteiger partial charge in [-0.2, -0.15) is 0 Å². The second kappa shape index (κ2) is 6.51. The summed E-state index contributed by atoms with van der Waals surface area (Å²) in [5.74, 6) is -0.338. The Morgan fingerprint density at radius 2 is 1.79 bits per heavy atom. The third kappa shape index (κ3) is 4.30. The van der Waals surface area contributed by atoms with Gasteiger partial charge in [0, 0.05) is 15.9 Å². The summed E-state index contributed by atoms with van der Waals surface area (Å²) in [6.45, 7) is 0. The molecule has 0 aliphatic rings. The Balaban J connectivity index is 2.02. The molecule has 19 heavy (non-hydrogen) atoms. The number of aliphatic hydroxyl groups is 1. The van der Waals surface area contributed by atoms with Crippen molar-refractivity contribution in [2.75, 3.05) is 0 Å². The van der Waals surface area contributed by atoms with Crippen LogP contribution >= 0.6 is 27.5 Å². The maximum atomic E-state index is 13.1. The van der Waals surface area contributed by atoms with Crippen molar-refractivity contribution < 1.29 is 9.50 Å². The molecule has 0 heterocycles. The van der Waals surface area contributed by atoms with E-state index in [2.05, 4.69) is 15.9 Å². The first-order valence-corrected chi connectivity index (χ1v) is 7.08. The van der Waals surface area contributed by atoms with Crippen LogP contribution in [-0.2, 0) is 12.8 Å². The number of aliphatic hydroxyl groups excluding tert-OH is 1. The lowest BCUT2D eigenvalue weighted by Crippen LogP contribution is -2.14. The van der Waals surface area contributed by atoms with Crippen molar-refractivity contribution in [1.29, 1.82) is 0 Å². The predicted molar refractivity (Wildman–Crippen MR) is 79.0 cm³/mol. The Morgan fingerprint density at radius 3 is 2.47 bits per heavy atom. The third-order valence-electron chi connectivity index (χ3n) is 2.85. The predicted octanol–water partition coefficient (Wildman–Crippen LogP) is 4.39. The van der Waals surface area contributed by atoms with Crippen LogP contribution in [0, 0.1) is 5.82 Å². The lowest BCUT2D eigenvalue weighted by atomic mass is 10.0. The fraction of sp³-hybridized carbons (Fsp3) is 0.200. The molecule has 0 bridgehead atoms. The summed E-state index contributed by atoms with van der Waals surface area (Å²) >= 11 is 9.34. The van der Waals surface area contributed by atoms with E-state index in [9.17, 15) is 9.50 Å². The molecule has 1 N–H and O–H groups in total. The van der Waals surface area contributed by atoms with Crippen LogP contribution in [-0.4, -0.2) is 11.2 Å². The minimum Gasteiger partial charge on any atom is -0.392 e. The first-order valence-electron chi connectivity index (χ1n) is 5.91. The van der Waals surface area contributed by atoms with E-state index in [1.54, 1.807) is 0 Å². The van der Waals surface area contributed by atoms with Crippen molar-refractivity contribution in [3.63, 3.8) is 0 Å². The minimum absolute atomic E-state index is 0.338. The highest BCUT2D eigenvalue weighted by molar-refractivity contribution is 9.10. The van der Waals surface area contributed by atoms with E-state index in [0.29, 0.717) is 23.4 Å². The maximum Gasteiger partial charge on any atom is 0.123 e. The van der Waals surface area contributed by atoms with Gasteiger partial charge in [0.25, 0.3) is 0 Å². The van der Waals surface area contributed by atoms with Crippen LogP contribution in [0.5, 0.6) is 0 Å². The van der Waals surface area contributed by atoms with Crippen molar-refractivity contribution in [3.05, 3.63) is 68.9 Å². The topological polar surface area (TPSA) is 20.2 Å². The van der Waals surface area contributed by atoms with Crippen LogP contribution in [0.3, 0.4) is 0 Å². The molecule has 1 unspecified atom stereocenters. The Labute approximate surface area is 125 Å². The molecule has 2 rings (SSSR count). The molecule has 0 radical (unpaired) electrons. The molecule has 4 heteroatoms. The highest BCUT2D eigenvalue weighted by Gasteiger charge is 2.10. The molecule has 0 spiro atoms. The zero-order valence-electron chi connectivity index (χ0n) is 10.1. The van der Waals surface area contributed by atoms with E-state index in [0.717, 1.165) is 10.0 Å². The SMILES string of the molecule is OC(Cc1ccc(Br)cc1)Cc1cc(F)ccc1Cl. The third-order valence-corrected chi connectivity index (χ3v) is 3.75. The van der Waals surface area contributed by atoms with E-state index < -0.39 is 6.10 Å². The molecule has 0 aliphatic carbocycles. The minimum atomic E-state index is -0.583. The van der Waals surface area contributed by atoms with Crippen LogP contribution in [0.4, 0.5) is 4.39 Å². The highest BCUT2D eigenvalue weighted by atomic mass is 79.9. The molecular formula is C15H13BrClFO. The van der Waals surface area contributed by atoms with Crippen LogP contribution < -0.4 is 0 Å². The van der Waals surface area contributed by atoms with E-state index in [-0.39, 0.29) is 5.82 Å². The van der Waals surface area contributed by atoms with Gasteiger partial charge in [-0.25, -0.2) is 4.39 Å². The Bertz CT molecular complexity index is 557. The smallest absolute Gasteiger partial charge is 0.123 e. The molecule has 0 aliphatic heterocycles. The molecule has 2 aromatic rings. The fourth-order valence-corrected chi connectivity index (χ4v) is 2.38. The van der Waals surface area contributed by atoms with Gasteiger partial charge in [-0.15, -0.1) is 0 Å². The van der Waals surface area contributed by atoms with Crippen molar-refractivity contribution in [3.8, 4) is 0 Å². The van der Waals surface area contributed by atoms with Gasteiger partial charge in [0.05, 0.1) is 6.10 Å². The molecule has 0 fully saturated rings. The fourth-order valence-electron chi connectivity index (χ4n) is 1.92. The first-order chi connectivity index (χ1) is 9.04. The van der Waals surface area contributed by atoms with Gasteiger partial charge in [-0.05, 0) is 47.9 Å². The van der Waals surface area contributed by atoms with Crippen LogP contribution in [0.2, 0.25) is 5.02 Å². The zero-order valence-corrected chi connectivity index (χ0v) is 12.5. The Hall–Kier alpha value is -0.900. The molecule has 100 valence electrons. The van der Waals surface area contributed by atoms with E-state index in [1.165, 1.54) is 18.2 Å². The molecular weight excluding hydrogens is 331 g/mol. The lowest BCUT2D eigenvalue weighted by molar-refractivity contribution is 0.175. The van der Waals surface area contributed by atoms with Gasteiger partial charge in [0.1, 0.15) is 5.82 Å². The summed E-state index contributed by atoms with van der Waals surface area (Å²) < 4.78 is 14.1. The molecule has 0 amide bonds. The number of hydrogen-bond donors (Lipinski definition) is 1. The summed E-state index contributed by atoms with van der Waals surface area (Å²) in [6, 6.07) is 11.9. The summed E-state index contributed by atoms with van der Waals surface area (Å²) in [4.78, 5) is 0. The van der Waals surface area contributed by atoms with E-state index >= 15 is 0 Å². The summed E-state index contributed by atoms with van der Waals surface area (Å²) in [7, 11) is 0. The second-order valence-electron chi connectivity index (χ2n) is 4.42. The van der Waals surface area contributed by atoms with E-state index in [1.807, 2.05) is 24.3 Å². The quantitative estimate of drug-likeness (QED) is 0.873. The van der Waals surface area contributed by atoms with Crippen molar-refractivity contribution in [1.82, 2.24) is 0 Å². The number of benzene rings is 2.